The molecule has 16 heavy (non-hydrogen) atoms. The summed E-state index contributed by atoms with van der Waals surface area (Å²) in [6.45, 7) is 3.03. The van der Waals surface area contributed by atoms with Gasteiger partial charge in [-0.05, 0) is 12.5 Å². The lowest BCUT2D eigenvalue weighted by Gasteiger charge is -2.12. The van der Waals surface area contributed by atoms with E-state index in [0.29, 0.717) is 19.6 Å². The zero-order valence-electron chi connectivity index (χ0n) is 9.32. The van der Waals surface area contributed by atoms with Gasteiger partial charge in [0.25, 0.3) is 0 Å². The Bertz CT molecular complexity index is 424. The molecule has 0 spiro atoms. The lowest BCUT2D eigenvalue weighted by Crippen LogP contribution is -2.17. The lowest BCUT2D eigenvalue weighted by atomic mass is 9.99. The fourth-order valence-corrected chi connectivity index (χ4v) is 1.74. The number of fused-ring (bicyclic) bond motifs is 1. The van der Waals surface area contributed by atoms with Crippen molar-refractivity contribution in [3.05, 3.63) is 47.0 Å². The molecule has 0 amide bonds. The summed E-state index contributed by atoms with van der Waals surface area (Å²) in [7, 11) is 0. The zero-order chi connectivity index (χ0) is 11.4. The molecule has 1 aromatic carbocycles. The number of carbonyl (C=O) groups is 1. The summed E-state index contributed by atoms with van der Waals surface area (Å²) >= 11 is 0. The molecule has 1 aromatic rings. The first-order valence-electron chi connectivity index (χ1n) is 5.39. The van der Waals surface area contributed by atoms with Gasteiger partial charge < -0.3 is 0 Å². The third-order valence-corrected chi connectivity index (χ3v) is 2.62. The van der Waals surface area contributed by atoms with Crippen molar-refractivity contribution >= 4 is 5.78 Å². The van der Waals surface area contributed by atoms with Crippen LogP contribution in [0.1, 0.15) is 29.3 Å². The standard InChI is InChI=1S/C13H15NO2/c1-10-6-7-14-16-9-11-4-2-3-5-12(11)13(15)8-10/h2-6,14H,7-9H2,1H3/b10-6-. The van der Waals surface area contributed by atoms with Crippen molar-refractivity contribution in [2.24, 2.45) is 0 Å². The molecule has 2 rings (SSSR count). The number of nitrogens with one attached hydrogen (secondary N) is 1. The lowest BCUT2D eigenvalue weighted by molar-refractivity contribution is 0.0343. The van der Waals surface area contributed by atoms with Crippen LogP contribution in [-0.4, -0.2) is 12.3 Å². The second-order valence-corrected chi connectivity index (χ2v) is 3.94. The van der Waals surface area contributed by atoms with E-state index < -0.39 is 0 Å². The molecule has 1 heterocycles. The molecule has 0 saturated heterocycles. The Morgan fingerprint density at radius 1 is 1.31 bits per heavy atom. The van der Waals surface area contributed by atoms with Crippen LogP contribution in [0.5, 0.6) is 0 Å². The van der Waals surface area contributed by atoms with E-state index in [2.05, 4.69) is 5.48 Å². The highest BCUT2D eigenvalue weighted by atomic mass is 16.6. The molecule has 0 aromatic heterocycles. The number of ketones is 1. The molecule has 0 aliphatic carbocycles. The van der Waals surface area contributed by atoms with Gasteiger partial charge in [0, 0.05) is 18.5 Å². The first-order chi connectivity index (χ1) is 7.77. The summed E-state index contributed by atoms with van der Waals surface area (Å²) in [4.78, 5) is 17.3. The van der Waals surface area contributed by atoms with Gasteiger partial charge in [-0.1, -0.05) is 35.9 Å². The van der Waals surface area contributed by atoms with Crippen LogP contribution in [0.25, 0.3) is 0 Å². The first kappa shape index (κ1) is 11.0. The number of allylic oxidation sites excluding steroid dienone is 1. The van der Waals surface area contributed by atoms with Crippen LogP contribution >= 0.6 is 0 Å². The van der Waals surface area contributed by atoms with Gasteiger partial charge in [0.15, 0.2) is 5.78 Å². The number of hydrogen-bond acceptors (Lipinski definition) is 3. The van der Waals surface area contributed by atoms with E-state index in [4.69, 9.17) is 4.84 Å². The van der Waals surface area contributed by atoms with E-state index in [9.17, 15) is 4.79 Å². The van der Waals surface area contributed by atoms with Crippen LogP contribution in [0.2, 0.25) is 0 Å². The molecule has 0 atom stereocenters. The van der Waals surface area contributed by atoms with Crippen molar-refractivity contribution in [2.45, 2.75) is 20.0 Å². The molecule has 0 bridgehead atoms. The average molecular weight is 217 g/mol. The number of carbonyl (C=O) groups excluding carboxylic acids is 1. The quantitative estimate of drug-likeness (QED) is 0.677. The summed E-state index contributed by atoms with van der Waals surface area (Å²) in [6.07, 6.45) is 2.46. The number of hydrogen-bond donors (Lipinski definition) is 1. The van der Waals surface area contributed by atoms with Crippen molar-refractivity contribution in [3.63, 3.8) is 0 Å². The second kappa shape index (κ2) is 5.05. The van der Waals surface area contributed by atoms with Gasteiger partial charge in [0.1, 0.15) is 0 Å². The van der Waals surface area contributed by atoms with Gasteiger partial charge in [-0.3, -0.25) is 9.63 Å². The summed E-state index contributed by atoms with van der Waals surface area (Å²) in [5.74, 6) is 0.162. The summed E-state index contributed by atoms with van der Waals surface area (Å²) in [5, 5.41) is 0. The van der Waals surface area contributed by atoms with E-state index in [0.717, 1.165) is 16.7 Å². The summed E-state index contributed by atoms with van der Waals surface area (Å²) < 4.78 is 0. The first-order valence-corrected chi connectivity index (χ1v) is 5.39. The number of benzene rings is 1. The van der Waals surface area contributed by atoms with Crippen molar-refractivity contribution in [1.82, 2.24) is 5.48 Å². The van der Waals surface area contributed by atoms with E-state index in [1.807, 2.05) is 37.3 Å². The van der Waals surface area contributed by atoms with Crippen LogP contribution in [0.15, 0.2) is 35.9 Å². The molecule has 3 heteroatoms. The SMILES string of the molecule is C/C1=C/CNOCc2ccccc2C(=O)C1. The molecule has 0 unspecified atom stereocenters. The maximum absolute atomic E-state index is 12.0. The molecular formula is C13H15NO2. The average Bonchev–Trinajstić information content (AvgIpc) is 2.28. The number of rotatable bonds is 0. The minimum Gasteiger partial charge on any atom is -0.297 e. The van der Waals surface area contributed by atoms with Crippen molar-refractivity contribution < 1.29 is 9.63 Å². The van der Waals surface area contributed by atoms with E-state index in [1.54, 1.807) is 0 Å². The third-order valence-electron chi connectivity index (χ3n) is 2.62. The number of hydroxylamine groups is 1. The van der Waals surface area contributed by atoms with Crippen LogP contribution in [0.4, 0.5) is 0 Å². The van der Waals surface area contributed by atoms with E-state index in [-0.39, 0.29) is 5.78 Å². The normalized spacial score (nSPS) is 20.8. The fourth-order valence-electron chi connectivity index (χ4n) is 1.74. The van der Waals surface area contributed by atoms with Crippen molar-refractivity contribution in [3.8, 4) is 0 Å². The Hall–Kier alpha value is -1.45. The van der Waals surface area contributed by atoms with Gasteiger partial charge >= 0.3 is 0 Å². The van der Waals surface area contributed by atoms with Gasteiger partial charge in [-0.2, -0.15) is 5.48 Å². The van der Waals surface area contributed by atoms with Crippen molar-refractivity contribution in [1.29, 1.82) is 0 Å². The minimum atomic E-state index is 0.162. The predicted molar refractivity (Wildman–Crippen MR) is 61.9 cm³/mol. The fraction of sp³-hybridized carbons (Fsp3) is 0.308. The molecule has 0 radical (unpaired) electrons. The van der Waals surface area contributed by atoms with Gasteiger partial charge in [0.2, 0.25) is 0 Å². The Balaban J connectivity index is 2.32. The second-order valence-electron chi connectivity index (χ2n) is 3.94. The topological polar surface area (TPSA) is 38.3 Å². The molecular weight excluding hydrogens is 202 g/mol. The summed E-state index contributed by atoms with van der Waals surface area (Å²) in [6, 6.07) is 7.59. The maximum Gasteiger partial charge on any atom is 0.167 e. The molecule has 3 nitrogen and oxygen atoms in total. The Morgan fingerprint density at radius 2 is 2.12 bits per heavy atom. The Labute approximate surface area is 95.1 Å². The van der Waals surface area contributed by atoms with Crippen LogP contribution in [0, 0.1) is 0 Å². The highest BCUT2D eigenvalue weighted by molar-refractivity contribution is 5.98. The Kier molecular flexibility index (Phi) is 3.49. The molecule has 1 aliphatic rings. The van der Waals surface area contributed by atoms with Crippen molar-refractivity contribution in [2.75, 3.05) is 6.54 Å². The van der Waals surface area contributed by atoms with Crippen LogP contribution in [0.3, 0.4) is 0 Å². The minimum absolute atomic E-state index is 0.162. The monoisotopic (exact) mass is 217 g/mol. The largest absolute Gasteiger partial charge is 0.297 e. The zero-order valence-corrected chi connectivity index (χ0v) is 9.32. The van der Waals surface area contributed by atoms with Gasteiger partial charge in [-0.25, -0.2) is 0 Å². The van der Waals surface area contributed by atoms with E-state index >= 15 is 0 Å². The molecule has 1 aliphatic heterocycles. The smallest absolute Gasteiger partial charge is 0.167 e. The highest BCUT2D eigenvalue weighted by Crippen LogP contribution is 2.15. The molecule has 84 valence electrons. The molecule has 0 saturated carbocycles. The van der Waals surface area contributed by atoms with E-state index in [1.165, 1.54) is 0 Å². The Morgan fingerprint density at radius 3 is 3.00 bits per heavy atom. The maximum atomic E-state index is 12.0. The molecule has 1 N–H and O–H groups in total. The number of Topliss-reactive ketones (excluding diaryl/α,β-unsaturated/α-hetero) is 1. The molecule has 0 fully saturated rings. The third kappa shape index (κ3) is 2.56. The summed E-state index contributed by atoms with van der Waals surface area (Å²) in [5.41, 5.74) is 5.62. The van der Waals surface area contributed by atoms with Gasteiger partial charge in [0.05, 0.1) is 6.61 Å². The van der Waals surface area contributed by atoms with Crippen LogP contribution in [-0.2, 0) is 11.4 Å². The van der Waals surface area contributed by atoms with Crippen LogP contribution < -0.4 is 5.48 Å². The van der Waals surface area contributed by atoms with Gasteiger partial charge in [-0.15, -0.1) is 0 Å². The highest BCUT2D eigenvalue weighted by Gasteiger charge is 2.12. The predicted octanol–water partition coefficient (Wildman–Crippen LogP) is 2.24.